The first-order chi connectivity index (χ1) is 6.62. The van der Waals surface area contributed by atoms with Gasteiger partial charge in [0.25, 0.3) is 9.05 Å². The van der Waals surface area contributed by atoms with Crippen molar-refractivity contribution < 1.29 is 16.8 Å². The molecule has 0 aliphatic rings. The molecule has 0 radical (unpaired) electrons. The largest absolute Gasteiger partial charge is 0.262 e. The summed E-state index contributed by atoms with van der Waals surface area (Å²) in [4.78, 5) is -0.721. The van der Waals surface area contributed by atoms with E-state index in [1.807, 2.05) is 0 Å². The lowest BCUT2D eigenvalue weighted by atomic mass is 10.4. The molecular formula is C7H6BrClO4S2. The van der Waals surface area contributed by atoms with E-state index in [1.165, 1.54) is 12.1 Å². The lowest BCUT2D eigenvalue weighted by Crippen LogP contribution is -2.04. The third kappa shape index (κ3) is 3.17. The quantitative estimate of drug-likeness (QED) is 0.774. The normalized spacial score (nSPS) is 12.7. The molecule has 0 unspecified atom stereocenters. The number of benzene rings is 1. The zero-order valence-electron chi connectivity index (χ0n) is 7.44. The summed E-state index contributed by atoms with van der Waals surface area (Å²) < 4.78 is 45.3. The molecule has 0 atom stereocenters. The van der Waals surface area contributed by atoms with Crippen LogP contribution in [0.5, 0.6) is 0 Å². The van der Waals surface area contributed by atoms with Crippen LogP contribution in [0.4, 0.5) is 0 Å². The Morgan fingerprint density at radius 2 is 1.67 bits per heavy atom. The molecule has 0 amide bonds. The summed E-state index contributed by atoms with van der Waals surface area (Å²) in [6, 6.07) is 3.75. The van der Waals surface area contributed by atoms with E-state index < -0.39 is 23.8 Å². The van der Waals surface area contributed by atoms with Gasteiger partial charge in [0.1, 0.15) is 4.90 Å². The van der Waals surface area contributed by atoms with Gasteiger partial charge < -0.3 is 0 Å². The van der Waals surface area contributed by atoms with Gasteiger partial charge in [-0.15, -0.1) is 0 Å². The van der Waals surface area contributed by atoms with Gasteiger partial charge >= 0.3 is 0 Å². The van der Waals surface area contributed by atoms with Crippen LogP contribution in [0.15, 0.2) is 32.5 Å². The number of hydrogen-bond donors (Lipinski definition) is 0. The third-order valence-corrected chi connectivity index (χ3v) is 4.71. The van der Waals surface area contributed by atoms with Crippen molar-refractivity contribution in [2.75, 3.05) is 6.26 Å². The summed E-state index contributed by atoms with van der Waals surface area (Å²) >= 11 is 3.05. The molecule has 8 heteroatoms. The number of hydrogen-bond acceptors (Lipinski definition) is 4. The van der Waals surface area contributed by atoms with Crippen LogP contribution in [0.25, 0.3) is 0 Å². The van der Waals surface area contributed by atoms with Gasteiger partial charge in [-0.3, -0.25) is 0 Å². The fourth-order valence-corrected chi connectivity index (χ4v) is 4.11. The van der Waals surface area contributed by atoms with E-state index in [0.717, 1.165) is 12.3 Å². The number of halogens is 2. The fraction of sp³-hybridized carbons (Fsp3) is 0.143. The van der Waals surface area contributed by atoms with Gasteiger partial charge in [0.2, 0.25) is 0 Å². The van der Waals surface area contributed by atoms with Crippen molar-refractivity contribution in [3.8, 4) is 0 Å². The van der Waals surface area contributed by atoms with Crippen molar-refractivity contribution in [2.45, 2.75) is 9.79 Å². The Morgan fingerprint density at radius 3 is 2.07 bits per heavy atom. The standard InChI is InChI=1S/C7H6BrClO4S2/c1-14(10,11)7-4-5(8)2-3-6(7)15(9,12)13/h2-4H,1H3. The van der Waals surface area contributed by atoms with E-state index in [-0.39, 0.29) is 4.90 Å². The van der Waals surface area contributed by atoms with Gasteiger partial charge in [-0.2, -0.15) is 0 Å². The van der Waals surface area contributed by atoms with Gasteiger partial charge in [-0.1, -0.05) is 15.9 Å². The maximum Gasteiger partial charge on any atom is 0.262 e. The lowest BCUT2D eigenvalue weighted by Gasteiger charge is -2.04. The zero-order chi connectivity index (χ0) is 11.9. The van der Waals surface area contributed by atoms with E-state index in [9.17, 15) is 16.8 Å². The van der Waals surface area contributed by atoms with Crippen LogP contribution in [0.1, 0.15) is 0 Å². The van der Waals surface area contributed by atoms with Gasteiger partial charge in [0.05, 0.1) is 4.90 Å². The van der Waals surface area contributed by atoms with Crippen molar-refractivity contribution >= 4 is 45.5 Å². The van der Waals surface area contributed by atoms with E-state index in [4.69, 9.17) is 10.7 Å². The van der Waals surface area contributed by atoms with E-state index >= 15 is 0 Å². The van der Waals surface area contributed by atoms with Gasteiger partial charge in [0.15, 0.2) is 9.84 Å². The Morgan fingerprint density at radius 1 is 1.13 bits per heavy atom. The van der Waals surface area contributed by atoms with Crippen LogP contribution in [0.2, 0.25) is 0 Å². The predicted molar refractivity (Wildman–Crippen MR) is 60.3 cm³/mol. The van der Waals surface area contributed by atoms with E-state index in [0.29, 0.717) is 4.47 Å². The summed E-state index contributed by atoms with van der Waals surface area (Å²) in [6.45, 7) is 0. The third-order valence-electron chi connectivity index (χ3n) is 1.57. The highest BCUT2D eigenvalue weighted by atomic mass is 79.9. The van der Waals surface area contributed by atoms with Crippen molar-refractivity contribution in [2.24, 2.45) is 0 Å². The highest BCUT2D eigenvalue weighted by molar-refractivity contribution is 9.10. The Labute approximate surface area is 101 Å². The average molecular weight is 334 g/mol. The minimum absolute atomic E-state index is 0.313. The van der Waals surface area contributed by atoms with Crippen LogP contribution in [0.3, 0.4) is 0 Å². The molecule has 1 aromatic carbocycles. The molecule has 0 heterocycles. The van der Waals surface area contributed by atoms with Gasteiger partial charge in [0, 0.05) is 21.4 Å². The molecule has 0 N–H and O–H groups in total. The minimum atomic E-state index is -4.06. The maximum atomic E-state index is 11.3. The second-order valence-electron chi connectivity index (χ2n) is 2.80. The molecule has 0 saturated heterocycles. The Balaban J connectivity index is 3.71. The number of sulfone groups is 1. The van der Waals surface area contributed by atoms with Crippen molar-refractivity contribution in [1.82, 2.24) is 0 Å². The topological polar surface area (TPSA) is 68.3 Å². The predicted octanol–water partition coefficient (Wildman–Crippen LogP) is 1.78. The summed E-state index contributed by atoms with van der Waals surface area (Å²) in [7, 11) is -2.58. The Hall–Kier alpha value is -0.110. The maximum absolute atomic E-state index is 11.3. The van der Waals surface area contributed by atoms with Crippen molar-refractivity contribution in [3.05, 3.63) is 22.7 Å². The van der Waals surface area contributed by atoms with Crippen molar-refractivity contribution in [3.63, 3.8) is 0 Å². The van der Waals surface area contributed by atoms with Crippen LogP contribution in [-0.2, 0) is 18.9 Å². The smallest absolute Gasteiger partial charge is 0.224 e. The Bertz CT molecular complexity index is 591. The first-order valence-electron chi connectivity index (χ1n) is 3.56. The summed E-state index contributed by atoms with van der Waals surface area (Å²) in [5, 5.41) is 0. The van der Waals surface area contributed by atoms with E-state index in [2.05, 4.69) is 15.9 Å². The molecule has 0 fully saturated rings. The highest BCUT2D eigenvalue weighted by Gasteiger charge is 2.22. The highest BCUT2D eigenvalue weighted by Crippen LogP contribution is 2.27. The molecule has 1 aromatic rings. The van der Waals surface area contributed by atoms with Crippen LogP contribution < -0.4 is 0 Å². The summed E-state index contributed by atoms with van der Waals surface area (Å²) in [5.74, 6) is 0. The average Bonchev–Trinajstić information content (AvgIpc) is 2.00. The van der Waals surface area contributed by atoms with Crippen LogP contribution in [0, 0.1) is 0 Å². The number of rotatable bonds is 2. The molecule has 0 saturated carbocycles. The molecule has 0 bridgehead atoms. The molecule has 0 aliphatic heterocycles. The monoisotopic (exact) mass is 332 g/mol. The van der Waals surface area contributed by atoms with E-state index in [1.54, 1.807) is 0 Å². The van der Waals surface area contributed by atoms with Crippen LogP contribution in [-0.4, -0.2) is 23.1 Å². The zero-order valence-corrected chi connectivity index (χ0v) is 11.4. The summed E-state index contributed by atoms with van der Waals surface area (Å²) in [5.41, 5.74) is 0. The Kier molecular flexibility index (Phi) is 3.49. The SMILES string of the molecule is CS(=O)(=O)c1cc(Br)ccc1S(=O)(=O)Cl. The first kappa shape index (κ1) is 13.0. The fourth-order valence-electron chi connectivity index (χ4n) is 0.973. The molecule has 1 rings (SSSR count). The second kappa shape index (κ2) is 4.04. The first-order valence-corrected chi connectivity index (χ1v) is 8.56. The van der Waals surface area contributed by atoms with Gasteiger partial charge in [-0.05, 0) is 18.2 Å². The molecule has 0 aromatic heterocycles. The molecule has 15 heavy (non-hydrogen) atoms. The van der Waals surface area contributed by atoms with Crippen LogP contribution >= 0.6 is 26.6 Å². The molecular weight excluding hydrogens is 328 g/mol. The summed E-state index contributed by atoms with van der Waals surface area (Å²) in [6.07, 6.45) is 0.917. The van der Waals surface area contributed by atoms with Crippen molar-refractivity contribution in [1.29, 1.82) is 0 Å². The minimum Gasteiger partial charge on any atom is -0.224 e. The molecule has 4 nitrogen and oxygen atoms in total. The molecule has 0 spiro atoms. The molecule has 84 valence electrons. The lowest BCUT2D eigenvalue weighted by molar-refractivity contribution is 0.592. The van der Waals surface area contributed by atoms with Gasteiger partial charge in [-0.25, -0.2) is 16.8 Å². The molecule has 0 aliphatic carbocycles. The second-order valence-corrected chi connectivity index (χ2v) is 8.24.